The molecular weight excluding hydrogens is 251 g/mol. The van der Waals surface area contributed by atoms with Crippen LogP contribution in [0.25, 0.3) is 0 Å². The Morgan fingerprint density at radius 2 is 2.00 bits per heavy atom. The van der Waals surface area contributed by atoms with Gasteiger partial charge in [0, 0.05) is 13.2 Å². The van der Waals surface area contributed by atoms with E-state index in [-0.39, 0.29) is 50.3 Å². The maximum atomic E-state index is 5.19. The molecule has 0 heterocycles. The number of hydrogen-bond donors (Lipinski definition) is 0. The van der Waals surface area contributed by atoms with Crippen molar-refractivity contribution in [2.75, 3.05) is 33.9 Å². The van der Waals surface area contributed by atoms with Gasteiger partial charge in [0.1, 0.15) is 0 Å². The molecule has 0 saturated heterocycles. The van der Waals surface area contributed by atoms with E-state index in [0.29, 0.717) is 0 Å². The first-order valence-electron chi connectivity index (χ1n) is 3.29. The zero-order valence-corrected chi connectivity index (χ0v) is 11.5. The normalized spacial score (nSPS) is 9.60. The molecule has 0 atom stereocenters. The summed E-state index contributed by atoms with van der Waals surface area (Å²) in [7, 11) is 4.07. The van der Waals surface area contributed by atoms with Crippen molar-refractivity contribution in [1.82, 2.24) is 4.90 Å². The Bertz CT molecular complexity index is 64.4. The molecule has 0 N–H and O–H groups in total. The predicted molar refractivity (Wildman–Crippen MR) is 46.2 cm³/mol. The third-order valence-corrected chi connectivity index (χ3v) is 0.972. The van der Waals surface area contributed by atoms with Crippen molar-refractivity contribution in [3.8, 4) is 0 Å². The maximum Gasteiger partial charge on any atom is 2.00 e. The first-order chi connectivity index (χ1) is 4.27. The molecule has 0 amide bonds. The molecule has 0 aromatic carbocycles. The van der Waals surface area contributed by atoms with Crippen molar-refractivity contribution in [2.45, 2.75) is 6.42 Å². The molecule has 0 unspecified atom stereocenters. The van der Waals surface area contributed by atoms with E-state index in [2.05, 4.69) is 11.8 Å². The summed E-state index contributed by atoms with van der Waals surface area (Å²) < 4.78 is 5.19. The smallest absolute Gasteiger partial charge is 1.00 e. The van der Waals surface area contributed by atoms with Gasteiger partial charge in [-0.05, 0) is 14.1 Å². The second kappa shape index (κ2) is 10.5. The van der Waals surface area contributed by atoms with Crippen molar-refractivity contribution in [3.05, 3.63) is 6.92 Å². The molecule has 0 radical (unpaired) electrons. The molecule has 0 aliphatic heterocycles. The summed E-state index contributed by atoms with van der Waals surface area (Å²) in [6.07, 6.45) is 0.868. The number of likely N-dealkylation sites (N-methyl/N-ethyl adjacent to an activating group) is 1. The summed E-state index contributed by atoms with van der Waals surface area (Å²) in [6, 6.07) is 0. The van der Waals surface area contributed by atoms with Gasteiger partial charge in [0.05, 0.1) is 6.61 Å². The van der Waals surface area contributed by atoms with Crippen LogP contribution in [0, 0.1) is 6.92 Å². The third-order valence-electron chi connectivity index (χ3n) is 0.972. The molecule has 0 aromatic heterocycles. The van der Waals surface area contributed by atoms with Gasteiger partial charge in [0.25, 0.3) is 0 Å². The zero-order valence-electron chi connectivity index (χ0n) is 8.10. The maximum absolute atomic E-state index is 5.19. The monoisotopic (exact) mass is 269 g/mol. The Balaban J connectivity index is -0.000000320. The fourth-order valence-electron chi connectivity index (χ4n) is 0.451. The van der Waals surface area contributed by atoms with E-state index in [0.717, 1.165) is 26.2 Å². The van der Waals surface area contributed by atoms with Crippen LogP contribution in [0.15, 0.2) is 0 Å². The number of ether oxygens (including phenoxy) is 1. The summed E-state index contributed by atoms with van der Waals surface area (Å²) in [5.41, 5.74) is 0. The van der Waals surface area contributed by atoms with E-state index in [1.54, 1.807) is 0 Å². The number of rotatable bonds is 5. The standard InChI is InChI=1S/C7H16NO.Ba.H/c1-4-6-9-7-5-8(2)3;;/h1,4-7H2,2-3H3;;/q-1;+2;-1. The van der Waals surface area contributed by atoms with Crippen LogP contribution in [0.4, 0.5) is 0 Å². The minimum atomic E-state index is 0. The van der Waals surface area contributed by atoms with E-state index < -0.39 is 0 Å². The van der Waals surface area contributed by atoms with Gasteiger partial charge in [0.15, 0.2) is 0 Å². The van der Waals surface area contributed by atoms with Crippen molar-refractivity contribution < 1.29 is 6.16 Å². The average molecular weight is 269 g/mol. The second-order valence-electron chi connectivity index (χ2n) is 2.27. The molecular formula is C7H17BaNO. The van der Waals surface area contributed by atoms with Crippen LogP contribution in [0.3, 0.4) is 0 Å². The molecule has 0 fully saturated rings. The quantitative estimate of drug-likeness (QED) is 0.409. The Morgan fingerprint density at radius 1 is 1.40 bits per heavy atom. The molecule has 0 bridgehead atoms. The van der Waals surface area contributed by atoms with Crippen molar-refractivity contribution in [2.24, 2.45) is 0 Å². The fourth-order valence-corrected chi connectivity index (χ4v) is 0.451. The van der Waals surface area contributed by atoms with Crippen LogP contribution < -0.4 is 0 Å². The van der Waals surface area contributed by atoms with Gasteiger partial charge in [-0.15, -0.1) is 0 Å². The van der Waals surface area contributed by atoms with Crippen LogP contribution in [0.2, 0.25) is 0 Å². The largest absolute Gasteiger partial charge is 2.00 e. The van der Waals surface area contributed by atoms with Crippen LogP contribution in [-0.4, -0.2) is 87.6 Å². The second-order valence-corrected chi connectivity index (χ2v) is 2.27. The Kier molecular flexibility index (Phi) is 14.7. The van der Waals surface area contributed by atoms with Gasteiger partial charge in [-0.2, -0.15) is 6.42 Å². The van der Waals surface area contributed by atoms with Crippen LogP contribution >= 0.6 is 0 Å². The molecule has 0 spiro atoms. The number of nitrogens with zero attached hydrogens (tertiary/aromatic N) is 1. The minimum absolute atomic E-state index is 0. The zero-order chi connectivity index (χ0) is 7.11. The van der Waals surface area contributed by atoms with Gasteiger partial charge in [0.2, 0.25) is 0 Å². The Labute approximate surface area is 106 Å². The number of hydrogen-bond acceptors (Lipinski definition) is 2. The summed E-state index contributed by atoms with van der Waals surface area (Å²) in [4.78, 5) is 2.10. The van der Waals surface area contributed by atoms with E-state index in [9.17, 15) is 0 Å². The molecule has 0 aromatic rings. The van der Waals surface area contributed by atoms with E-state index in [1.807, 2.05) is 14.1 Å². The van der Waals surface area contributed by atoms with Gasteiger partial charge in [-0.1, -0.05) is 0 Å². The van der Waals surface area contributed by atoms with Gasteiger partial charge < -0.3 is 18.0 Å². The molecule has 0 aliphatic carbocycles. The fraction of sp³-hybridized carbons (Fsp3) is 0.857. The van der Waals surface area contributed by atoms with Crippen molar-refractivity contribution >= 4 is 48.9 Å². The van der Waals surface area contributed by atoms with E-state index in [1.165, 1.54) is 0 Å². The first kappa shape index (κ1) is 14.0. The van der Waals surface area contributed by atoms with Crippen molar-refractivity contribution in [3.63, 3.8) is 0 Å². The van der Waals surface area contributed by atoms with Gasteiger partial charge in [-0.3, -0.25) is 0 Å². The molecule has 58 valence electrons. The Morgan fingerprint density at radius 3 is 2.40 bits per heavy atom. The van der Waals surface area contributed by atoms with E-state index in [4.69, 9.17) is 4.74 Å². The van der Waals surface area contributed by atoms with Crippen LogP contribution in [-0.2, 0) is 4.74 Å². The molecule has 0 aliphatic rings. The summed E-state index contributed by atoms with van der Waals surface area (Å²) in [6.45, 7) is 6.27. The van der Waals surface area contributed by atoms with Gasteiger partial charge in [-0.25, -0.2) is 0 Å². The predicted octanol–water partition coefficient (Wildman–Crippen LogP) is 0.520. The average Bonchev–Trinajstić information content (AvgIpc) is 1.80. The molecule has 10 heavy (non-hydrogen) atoms. The minimum Gasteiger partial charge on any atom is -1.00 e. The summed E-state index contributed by atoms with van der Waals surface area (Å²) >= 11 is 0. The van der Waals surface area contributed by atoms with Crippen LogP contribution in [0.5, 0.6) is 0 Å². The molecule has 3 heteroatoms. The van der Waals surface area contributed by atoms with Crippen LogP contribution in [0.1, 0.15) is 7.85 Å². The van der Waals surface area contributed by atoms with Gasteiger partial charge >= 0.3 is 48.9 Å². The third kappa shape index (κ3) is 12.2. The van der Waals surface area contributed by atoms with Crippen molar-refractivity contribution in [1.29, 1.82) is 0 Å². The SMILES string of the molecule is [Ba+2].[CH2-]CCOCCN(C)C.[H-]. The molecule has 2 nitrogen and oxygen atoms in total. The summed E-state index contributed by atoms with van der Waals surface area (Å²) in [5, 5.41) is 0. The molecule has 0 saturated carbocycles. The Hall–Kier alpha value is 1.49. The summed E-state index contributed by atoms with van der Waals surface area (Å²) in [5.74, 6) is 0. The topological polar surface area (TPSA) is 12.5 Å². The first-order valence-corrected chi connectivity index (χ1v) is 3.29. The molecule has 0 rings (SSSR count). The van der Waals surface area contributed by atoms with E-state index >= 15 is 0 Å².